The summed E-state index contributed by atoms with van der Waals surface area (Å²) in [4.78, 5) is 29.9. The molecule has 4 rings (SSSR count). The highest BCUT2D eigenvalue weighted by Crippen LogP contribution is 2.29. The second-order valence-electron chi connectivity index (χ2n) is 12.0. The molecule has 9 heteroatoms. The minimum atomic E-state index is -4.21. The lowest BCUT2D eigenvalue weighted by Gasteiger charge is -2.34. The highest BCUT2D eigenvalue weighted by atomic mass is 32.2. The first-order valence-electron chi connectivity index (χ1n) is 15.4. The number of carbonyl (C=O) groups is 2. The van der Waals surface area contributed by atoms with Crippen LogP contribution in [0.5, 0.6) is 0 Å². The molecule has 242 valence electrons. The summed E-state index contributed by atoms with van der Waals surface area (Å²) in [6, 6.07) is 25.9. The molecule has 46 heavy (non-hydrogen) atoms. The van der Waals surface area contributed by atoms with Gasteiger partial charge in [-0.2, -0.15) is 0 Å². The summed E-state index contributed by atoms with van der Waals surface area (Å²) in [5.74, 6) is -1.18. The SMILES string of the molecule is Cc1ccc(S(=O)(=O)N(CC(=O)N(Cc2ccc(F)cc2)C(Cc2ccccc2)C(=O)NCC(C)C)c2cccc(C)c2C)cc1. The molecule has 0 bridgehead atoms. The molecule has 0 aliphatic heterocycles. The number of anilines is 1. The molecule has 7 nitrogen and oxygen atoms in total. The molecular weight excluding hydrogens is 601 g/mol. The minimum absolute atomic E-state index is 0.0308. The quantitative estimate of drug-likeness (QED) is 0.184. The zero-order valence-corrected chi connectivity index (χ0v) is 27.9. The number of halogens is 1. The summed E-state index contributed by atoms with van der Waals surface area (Å²) in [6.07, 6.45) is 0.200. The van der Waals surface area contributed by atoms with Crippen LogP contribution in [0.1, 0.15) is 41.7 Å². The van der Waals surface area contributed by atoms with Crippen molar-refractivity contribution in [3.05, 3.63) is 131 Å². The van der Waals surface area contributed by atoms with Crippen LogP contribution in [0.25, 0.3) is 0 Å². The van der Waals surface area contributed by atoms with Crippen molar-refractivity contribution < 1.29 is 22.4 Å². The van der Waals surface area contributed by atoms with E-state index in [1.165, 1.54) is 29.2 Å². The van der Waals surface area contributed by atoms with Crippen molar-refractivity contribution in [3.63, 3.8) is 0 Å². The standard InChI is InChI=1S/C37H42FN3O4S/c1-26(2)23-39-37(43)35(22-30-11-7-6-8-12-30)40(24-31-16-18-32(38)19-17-31)36(42)25-41(34-13-9-10-28(4)29(34)5)46(44,45)33-20-14-27(3)15-21-33/h6-21,26,35H,22-25H2,1-5H3,(H,39,43). The van der Waals surface area contributed by atoms with Crippen molar-refractivity contribution in [1.29, 1.82) is 0 Å². The van der Waals surface area contributed by atoms with Gasteiger partial charge in [0.2, 0.25) is 11.8 Å². The maximum absolute atomic E-state index is 14.6. The van der Waals surface area contributed by atoms with Gasteiger partial charge in [0.15, 0.2) is 0 Å². The van der Waals surface area contributed by atoms with Gasteiger partial charge in [-0.1, -0.05) is 86.1 Å². The van der Waals surface area contributed by atoms with Crippen molar-refractivity contribution >= 4 is 27.5 Å². The summed E-state index contributed by atoms with van der Waals surface area (Å²) in [6.45, 7) is 9.35. The largest absolute Gasteiger partial charge is 0.354 e. The predicted octanol–water partition coefficient (Wildman–Crippen LogP) is 6.36. The van der Waals surface area contributed by atoms with Gasteiger partial charge < -0.3 is 10.2 Å². The molecule has 1 atom stereocenters. The van der Waals surface area contributed by atoms with Crippen LogP contribution < -0.4 is 9.62 Å². The summed E-state index contributed by atoms with van der Waals surface area (Å²) in [7, 11) is -4.21. The number of carbonyl (C=O) groups excluding carboxylic acids is 2. The molecule has 0 aromatic heterocycles. The van der Waals surface area contributed by atoms with Crippen molar-refractivity contribution in [2.75, 3.05) is 17.4 Å². The van der Waals surface area contributed by atoms with Crippen LogP contribution in [0.2, 0.25) is 0 Å². The van der Waals surface area contributed by atoms with E-state index in [4.69, 9.17) is 0 Å². The molecule has 0 heterocycles. The molecule has 0 aliphatic rings. The minimum Gasteiger partial charge on any atom is -0.354 e. The van der Waals surface area contributed by atoms with E-state index in [1.54, 1.807) is 36.4 Å². The third-order valence-corrected chi connectivity index (χ3v) is 9.73. The van der Waals surface area contributed by atoms with Crippen LogP contribution >= 0.6 is 0 Å². The first-order chi connectivity index (χ1) is 21.9. The van der Waals surface area contributed by atoms with E-state index in [-0.39, 0.29) is 29.7 Å². The van der Waals surface area contributed by atoms with E-state index in [9.17, 15) is 22.4 Å². The number of benzene rings is 4. The Balaban J connectivity index is 1.82. The number of nitrogens with zero attached hydrogens (tertiary/aromatic N) is 2. The Labute approximate surface area is 272 Å². The summed E-state index contributed by atoms with van der Waals surface area (Å²) < 4.78 is 43.5. The zero-order chi connectivity index (χ0) is 33.4. The van der Waals surface area contributed by atoms with Crippen molar-refractivity contribution in [1.82, 2.24) is 10.2 Å². The average molecular weight is 644 g/mol. The van der Waals surface area contributed by atoms with Gasteiger partial charge in [0.05, 0.1) is 10.6 Å². The van der Waals surface area contributed by atoms with Crippen molar-refractivity contribution in [2.24, 2.45) is 5.92 Å². The van der Waals surface area contributed by atoms with Gasteiger partial charge in [0.1, 0.15) is 18.4 Å². The Morgan fingerprint density at radius 3 is 2.09 bits per heavy atom. The Bertz CT molecular complexity index is 1740. The number of aryl methyl sites for hydroxylation is 2. The third kappa shape index (κ3) is 8.60. The summed E-state index contributed by atoms with van der Waals surface area (Å²) >= 11 is 0. The Hall–Kier alpha value is -4.50. The van der Waals surface area contributed by atoms with Gasteiger partial charge in [-0.25, -0.2) is 12.8 Å². The van der Waals surface area contributed by atoms with E-state index >= 15 is 0 Å². The van der Waals surface area contributed by atoms with Crippen LogP contribution in [0.4, 0.5) is 10.1 Å². The maximum Gasteiger partial charge on any atom is 0.264 e. The van der Waals surface area contributed by atoms with Gasteiger partial charge >= 0.3 is 0 Å². The fourth-order valence-corrected chi connectivity index (χ4v) is 6.59. The third-order valence-electron chi connectivity index (χ3n) is 7.95. The molecular formula is C37H42FN3O4S. The zero-order valence-electron chi connectivity index (χ0n) is 27.0. The molecule has 4 aromatic rings. The normalized spacial score (nSPS) is 12.1. The van der Waals surface area contributed by atoms with Crippen LogP contribution in [-0.4, -0.2) is 44.3 Å². The number of hydrogen-bond acceptors (Lipinski definition) is 4. The van der Waals surface area contributed by atoms with Crippen molar-refractivity contribution in [3.8, 4) is 0 Å². The second-order valence-corrected chi connectivity index (χ2v) is 13.9. The second kappa shape index (κ2) is 15.2. The van der Waals surface area contributed by atoms with Gasteiger partial charge in [-0.05, 0) is 79.3 Å². The van der Waals surface area contributed by atoms with Crippen molar-refractivity contribution in [2.45, 2.75) is 58.5 Å². The van der Waals surface area contributed by atoms with E-state index in [2.05, 4.69) is 5.32 Å². The number of amides is 2. The molecule has 1 unspecified atom stereocenters. The first-order valence-corrected chi connectivity index (χ1v) is 16.8. The Morgan fingerprint density at radius 2 is 1.46 bits per heavy atom. The smallest absolute Gasteiger partial charge is 0.264 e. The maximum atomic E-state index is 14.6. The van der Waals surface area contributed by atoms with Gasteiger partial charge in [0, 0.05) is 19.5 Å². The lowest BCUT2D eigenvalue weighted by atomic mass is 10.0. The molecule has 0 fully saturated rings. The summed E-state index contributed by atoms with van der Waals surface area (Å²) in [5.41, 5.74) is 4.29. The number of hydrogen-bond donors (Lipinski definition) is 1. The number of nitrogens with one attached hydrogen (secondary N) is 1. The molecule has 0 radical (unpaired) electrons. The average Bonchev–Trinajstić information content (AvgIpc) is 3.03. The van der Waals surface area contributed by atoms with Gasteiger partial charge in [-0.15, -0.1) is 0 Å². The molecule has 4 aromatic carbocycles. The highest BCUT2D eigenvalue weighted by Gasteiger charge is 2.35. The highest BCUT2D eigenvalue weighted by molar-refractivity contribution is 7.92. The number of rotatable bonds is 13. The molecule has 0 spiro atoms. The fourth-order valence-electron chi connectivity index (χ4n) is 5.12. The van der Waals surface area contributed by atoms with E-state index in [0.29, 0.717) is 23.4 Å². The monoisotopic (exact) mass is 643 g/mol. The number of sulfonamides is 1. The van der Waals surface area contributed by atoms with E-state index in [1.807, 2.05) is 71.0 Å². The molecule has 1 N–H and O–H groups in total. The van der Waals surface area contributed by atoms with Gasteiger partial charge in [0.25, 0.3) is 10.0 Å². The molecule has 0 aliphatic carbocycles. The molecule has 2 amide bonds. The van der Waals surface area contributed by atoms with Gasteiger partial charge in [-0.3, -0.25) is 13.9 Å². The van der Waals surface area contributed by atoms with Crippen LogP contribution in [0.15, 0.2) is 102 Å². The van der Waals surface area contributed by atoms with Crippen LogP contribution in [0, 0.1) is 32.5 Å². The lowest BCUT2D eigenvalue weighted by molar-refractivity contribution is -0.140. The van der Waals surface area contributed by atoms with E-state index in [0.717, 1.165) is 21.0 Å². The Kier molecular flexibility index (Phi) is 11.4. The molecule has 0 saturated heterocycles. The van der Waals surface area contributed by atoms with Crippen LogP contribution in [0.3, 0.4) is 0 Å². The first kappa shape index (κ1) is 34.4. The summed E-state index contributed by atoms with van der Waals surface area (Å²) in [5, 5.41) is 2.97. The topological polar surface area (TPSA) is 86.8 Å². The predicted molar refractivity (Wildman–Crippen MR) is 180 cm³/mol. The van der Waals surface area contributed by atoms with E-state index < -0.39 is 34.3 Å². The lowest BCUT2D eigenvalue weighted by Crippen LogP contribution is -2.53. The fraction of sp³-hybridized carbons (Fsp3) is 0.297. The Morgan fingerprint density at radius 1 is 0.804 bits per heavy atom. The van der Waals surface area contributed by atoms with Crippen LogP contribution in [-0.2, 0) is 32.6 Å². The molecule has 0 saturated carbocycles.